The topological polar surface area (TPSA) is 18.5 Å². The predicted octanol–water partition coefficient (Wildman–Crippen LogP) is 14.6. The first-order valence-electron chi connectivity index (χ1n) is 20.9. The summed E-state index contributed by atoms with van der Waals surface area (Å²) in [4.78, 5) is 0. The van der Waals surface area contributed by atoms with E-state index in [2.05, 4.69) is 178 Å². The summed E-state index contributed by atoms with van der Waals surface area (Å²) in [5.41, 5.74) is 12.6. The molecule has 0 amide bonds. The Morgan fingerprint density at radius 1 is 0.448 bits per heavy atom. The Morgan fingerprint density at radius 2 is 0.776 bits per heavy atom. The highest BCUT2D eigenvalue weighted by Crippen LogP contribution is 2.57. The van der Waals surface area contributed by atoms with E-state index in [-0.39, 0.29) is 11.8 Å². The normalized spacial score (nSPS) is 21.3. The fourth-order valence-electron chi connectivity index (χ4n) is 11.0. The van der Waals surface area contributed by atoms with E-state index in [0.29, 0.717) is 11.1 Å². The van der Waals surface area contributed by atoms with Crippen LogP contribution in [0.2, 0.25) is 17.6 Å². The second kappa shape index (κ2) is 14.8. The molecule has 285 valence electrons. The number of methoxy groups -OCH3 is 2. The van der Waals surface area contributed by atoms with Crippen LogP contribution in [-0.2, 0) is 0 Å². The van der Waals surface area contributed by atoms with Crippen molar-refractivity contribution in [3.8, 4) is 11.5 Å². The molecular formula is C55H49O2Si. The van der Waals surface area contributed by atoms with E-state index in [9.17, 15) is 0 Å². The van der Waals surface area contributed by atoms with Crippen LogP contribution in [0.4, 0.5) is 0 Å². The monoisotopic (exact) mass is 769 g/mol. The van der Waals surface area contributed by atoms with Crippen LogP contribution in [-0.4, -0.2) is 23.0 Å². The van der Waals surface area contributed by atoms with Crippen molar-refractivity contribution in [2.24, 2.45) is 0 Å². The van der Waals surface area contributed by atoms with Crippen molar-refractivity contribution in [1.82, 2.24) is 0 Å². The molecule has 0 saturated carbocycles. The largest absolute Gasteiger partial charge is 0.495 e. The first kappa shape index (κ1) is 36.4. The molecule has 0 aliphatic heterocycles. The number of rotatable bonds is 8. The summed E-state index contributed by atoms with van der Waals surface area (Å²) >= 11 is 0. The Labute approximate surface area is 344 Å². The summed E-state index contributed by atoms with van der Waals surface area (Å²) < 4.78 is 12.2. The van der Waals surface area contributed by atoms with Gasteiger partial charge in [-0.25, -0.2) is 0 Å². The molecule has 0 heterocycles. The number of hydrogen-bond donors (Lipinski definition) is 0. The van der Waals surface area contributed by atoms with E-state index in [0.717, 1.165) is 24.3 Å². The zero-order valence-electron chi connectivity index (χ0n) is 34.1. The maximum Gasteiger partial charge on any atom is 0.134 e. The summed E-state index contributed by atoms with van der Waals surface area (Å²) in [7, 11) is 2.52. The summed E-state index contributed by atoms with van der Waals surface area (Å²) in [6.07, 6.45) is 26.3. The van der Waals surface area contributed by atoms with Crippen LogP contribution in [0, 0.1) is 0 Å². The van der Waals surface area contributed by atoms with Crippen molar-refractivity contribution in [1.29, 1.82) is 0 Å². The van der Waals surface area contributed by atoms with Crippen LogP contribution >= 0.6 is 0 Å². The second-order valence-electron chi connectivity index (χ2n) is 16.1. The smallest absolute Gasteiger partial charge is 0.134 e. The molecule has 0 N–H and O–H groups in total. The average molecular weight is 770 g/mol. The van der Waals surface area contributed by atoms with Crippen LogP contribution in [0.1, 0.15) is 49.7 Å². The molecule has 3 heteroatoms. The van der Waals surface area contributed by atoms with E-state index < -0.39 is 8.80 Å². The van der Waals surface area contributed by atoms with Crippen LogP contribution in [0.15, 0.2) is 191 Å². The van der Waals surface area contributed by atoms with Gasteiger partial charge in [-0.15, -0.1) is 0 Å². The van der Waals surface area contributed by atoms with Crippen molar-refractivity contribution < 1.29 is 9.47 Å². The molecule has 4 aliphatic rings. The van der Waals surface area contributed by atoms with Crippen LogP contribution < -0.4 is 9.47 Å². The minimum Gasteiger partial charge on any atom is -0.495 e. The molecule has 10 rings (SSSR count). The molecule has 6 aromatic carbocycles. The highest BCUT2D eigenvalue weighted by atomic mass is 28.3. The number of benzene rings is 6. The van der Waals surface area contributed by atoms with Crippen molar-refractivity contribution in [2.75, 3.05) is 14.2 Å². The van der Waals surface area contributed by atoms with E-state index in [4.69, 9.17) is 9.47 Å². The predicted molar refractivity (Wildman–Crippen MR) is 248 cm³/mol. The maximum absolute atomic E-state index is 6.12. The van der Waals surface area contributed by atoms with Gasteiger partial charge in [-0.2, -0.15) is 0 Å². The Bertz CT molecular complexity index is 2610. The van der Waals surface area contributed by atoms with E-state index in [1.165, 1.54) is 76.5 Å². The first-order chi connectivity index (χ1) is 28.6. The number of ether oxygens (including phenoxy) is 2. The molecule has 0 aromatic heterocycles. The molecule has 4 aliphatic carbocycles. The van der Waals surface area contributed by atoms with Gasteiger partial charge in [-0.1, -0.05) is 189 Å². The van der Waals surface area contributed by atoms with E-state index in [1.54, 1.807) is 25.4 Å². The quantitative estimate of drug-likeness (QED) is 0.113. The molecule has 0 saturated heterocycles. The molecular weight excluding hydrogens is 721 g/mol. The zero-order valence-corrected chi connectivity index (χ0v) is 35.1. The Morgan fingerprint density at radius 3 is 1.09 bits per heavy atom. The molecule has 6 aromatic rings. The zero-order chi connectivity index (χ0) is 39.5. The maximum atomic E-state index is 6.12. The van der Waals surface area contributed by atoms with Gasteiger partial charge in [0.15, 0.2) is 0 Å². The van der Waals surface area contributed by atoms with Crippen LogP contribution in [0.5, 0.6) is 11.5 Å². The Hall–Kier alpha value is -5.90. The lowest BCUT2D eigenvalue weighted by Crippen LogP contribution is -2.26. The lowest BCUT2D eigenvalue weighted by molar-refractivity contribution is 0.424. The summed E-state index contributed by atoms with van der Waals surface area (Å²) in [5, 5.41) is 9.74. The van der Waals surface area contributed by atoms with Gasteiger partial charge >= 0.3 is 0 Å². The van der Waals surface area contributed by atoms with Crippen molar-refractivity contribution in [2.45, 2.75) is 56.2 Å². The number of allylic oxidation sites excluding steroid dienone is 16. The first-order valence-corrected chi connectivity index (χ1v) is 23.1. The minimum atomic E-state index is -1.08. The van der Waals surface area contributed by atoms with Crippen molar-refractivity contribution in [3.63, 3.8) is 0 Å². The molecule has 0 fully saturated rings. The van der Waals surface area contributed by atoms with Gasteiger partial charge in [0, 0.05) is 33.4 Å². The number of fused-ring (bicyclic) bond motifs is 4. The van der Waals surface area contributed by atoms with Crippen molar-refractivity contribution >= 4 is 51.9 Å². The Kier molecular flexibility index (Phi) is 9.30. The molecule has 4 unspecified atom stereocenters. The second-order valence-corrected chi connectivity index (χ2v) is 18.7. The molecule has 0 spiro atoms. The lowest BCUT2D eigenvalue weighted by atomic mass is 9.83. The third-order valence-electron chi connectivity index (χ3n) is 13.4. The van der Waals surface area contributed by atoms with Gasteiger partial charge < -0.3 is 9.47 Å². The fourth-order valence-corrected chi connectivity index (χ4v) is 14.6. The molecule has 0 bridgehead atoms. The third kappa shape index (κ3) is 5.51. The SMILES string of the molecule is CCC1=CC2=C(C=CC=CC2c2c3ccccc3c(OC)c3ccccc23)C1[Si](C)C1C(CC)=CC2=C1C=CC=CC2c1c2ccccc2c(OC)c2ccccc12. The van der Waals surface area contributed by atoms with E-state index in [1.807, 2.05) is 0 Å². The standard InChI is InChI=1S/C55H49O2Si/c1-6-34-32-48-40(50-36-20-8-14-26-42(36)52(56-3)43-27-15-9-21-37(43)50)24-12-18-30-46(48)54(34)58(5)55-35(7-2)33-49-41(25-13-19-31-47(49)55)51-38-22-10-16-28-44(38)53(57-4)45-29-17-11-23-39(45)51/h8-33,40-41,54-55H,6-7H2,1-5H3. The Balaban J connectivity index is 1.13. The molecule has 1 radical (unpaired) electrons. The van der Waals surface area contributed by atoms with Crippen LogP contribution in [0.3, 0.4) is 0 Å². The highest BCUT2D eigenvalue weighted by molar-refractivity contribution is 6.64. The van der Waals surface area contributed by atoms with Crippen LogP contribution in [0.25, 0.3) is 43.1 Å². The fraction of sp³-hybridized carbons (Fsp3) is 0.200. The summed E-state index contributed by atoms with van der Waals surface area (Å²) in [6.45, 7) is 7.38. The van der Waals surface area contributed by atoms with E-state index >= 15 is 0 Å². The van der Waals surface area contributed by atoms with Crippen molar-refractivity contribution in [3.05, 3.63) is 202 Å². The lowest BCUT2D eigenvalue weighted by Gasteiger charge is -2.32. The van der Waals surface area contributed by atoms with Gasteiger partial charge in [-0.3, -0.25) is 0 Å². The van der Waals surface area contributed by atoms with Gasteiger partial charge in [-0.05, 0) is 78.9 Å². The highest BCUT2D eigenvalue weighted by Gasteiger charge is 2.42. The summed E-state index contributed by atoms with van der Waals surface area (Å²) in [5.74, 6) is 2.15. The average Bonchev–Trinajstić information content (AvgIpc) is 3.67. The summed E-state index contributed by atoms with van der Waals surface area (Å²) in [6, 6.07) is 35.3. The third-order valence-corrected chi connectivity index (χ3v) is 16.6. The van der Waals surface area contributed by atoms with Gasteiger partial charge in [0.25, 0.3) is 0 Å². The molecule has 2 nitrogen and oxygen atoms in total. The van der Waals surface area contributed by atoms with Gasteiger partial charge in [0.1, 0.15) is 11.5 Å². The molecule has 4 atom stereocenters. The van der Waals surface area contributed by atoms with Gasteiger partial charge in [0.05, 0.1) is 23.0 Å². The molecule has 58 heavy (non-hydrogen) atoms. The number of hydrogen-bond acceptors (Lipinski definition) is 2. The van der Waals surface area contributed by atoms with Gasteiger partial charge in [0.2, 0.25) is 0 Å². The minimum absolute atomic E-state index is 0.120.